The van der Waals surface area contributed by atoms with Crippen molar-refractivity contribution in [3.05, 3.63) is 53.6 Å². The molecule has 3 heteroatoms. The van der Waals surface area contributed by atoms with Crippen LogP contribution in [0.1, 0.15) is 11.1 Å². The highest BCUT2D eigenvalue weighted by atomic mass is 16.5. The van der Waals surface area contributed by atoms with Crippen LogP contribution < -0.4 is 9.47 Å². The summed E-state index contributed by atoms with van der Waals surface area (Å²) in [5, 5.41) is 9.40. The van der Waals surface area contributed by atoms with Gasteiger partial charge >= 0.3 is 0 Å². The molecule has 2 rings (SSSR count). The number of rotatable bonds is 4. The zero-order valence-corrected chi connectivity index (χ0v) is 11.0. The first-order valence-corrected chi connectivity index (χ1v) is 5.92. The second-order valence-corrected chi connectivity index (χ2v) is 4.04. The van der Waals surface area contributed by atoms with Crippen LogP contribution in [0.3, 0.4) is 0 Å². The van der Waals surface area contributed by atoms with Crippen molar-refractivity contribution in [3.63, 3.8) is 0 Å². The molecule has 0 saturated carbocycles. The van der Waals surface area contributed by atoms with E-state index in [4.69, 9.17) is 9.47 Å². The molecular formula is C16H16O3. The normalized spacial score (nSPS) is 10.6. The molecular weight excluding hydrogens is 240 g/mol. The highest BCUT2D eigenvalue weighted by Gasteiger charge is 2.01. The number of ether oxygens (including phenoxy) is 2. The second-order valence-electron chi connectivity index (χ2n) is 4.04. The van der Waals surface area contributed by atoms with Gasteiger partial charge in [-0.05, 0) is 29.8 Å². The van der Waals surface area contributed by atoms with Crippen molar-refractivity contribution in [2.75, 3.05) is 14.2 Å². The molecule has 1 N–H and O–H groups in total. The molecule has 19 heavy (non-hydrogen) atoms. The summed E-state index contributed by atoms with van der Waals surface area (Å²) in [7, 11) is 3.25. The van der Waals surface area contributed by atoms with Gasteiger partial charge in [-0.25, -0.2) is 0 Å². The Balaban J connectivity index is 2.27. The fourth-order valence-corrected chi connectivity index (χ4v) is 1.77. The number of methoxy groups -OCH3 is 2. The van der Waals surface area contributed by atoms with E-state index in [1.807, 2.05) is 36.4 Å². The van der Waals surface area contributed by atoms with E-state index in [-0.39, 0.29) is 5.75 Å². The zero-order chi connectivity index (χ0) is 13.7. The summed E-state index contributed by atoms with van der Waals surface area (Å²) < 4.78 is 10.5. The molecule has 0 unspecified atom stereocenters. The van der Waals surface area contributed by atoms with Crippen molar-refractivity contribution < 1.29 is 14.6 Å². The summed E-state index contributed by atoms with van der Waals surface area (Å²) in [4.78, 5) is 0. The number of hydrogen-bond donors (Lipinski definition) is 1. The van der Waals surface area contributed by atoms with Crippen molar-refractivity contribution >= 4 is 12.2 Å². The summed E-state index contributed by atoms with van der Waals surface area (Å²) in [6.07, 6.45) is 3.86. The van der Waals surface area contributed by atoms with E-state index < -0.39 is 0 Å². The molecule has 0 atom stereocenters. The highest BCUT2D eigenvalue weighted by molar-refractivity contribution is 5.73. The van der Waals surface area contributed by atoms with Gasteiger partial charge in [-0.3, -0.25) is 0 Å². The van der Waals surface area contributed by atoms with E-state index >= 15 is 0 Å². The average Bonchev–Trinajstić information content (AvgIpc) is 2.45. The van der Waals surface area contributed by atoms with Crippen LogP contribution in [0.2, 0.25) is 0 Å². The van der Waals surface area contributed by atoms with Gasteiger partial charge in [0.05, 0.1) is 14.2 Å². The Morgan fingerprint density at radius 1 is 0.947 bits per heavy atom. The van der Waals surface area contributed by atoms with Crippen molar-refractivity contribution in [2.24, 2.45) is 0 Å². The lowest BCUT2D eigenvalue weighted by Crippen LogP contribution is -1.89. The van der Waals surface area contributed by atoms with Gasteiger partial charge in [-0.2, -0.15) is 0 Å². The lowest BCUT2D eigenvalue weighted by molar-refractivity contribution is 0.394. The van der Waals surface area contributed by atoms with Crippen LogP contribution in [0, 0.1) is 0 Å². The van der Waals surface area contributed by atoms with Gasteiger partial charge in [0.1, 0.15) is 17.2 Å². The third-order valence-electron chi connectivity index (χ3n) is 2.77. The number of hydrogen-bond acceptors (Lipinski definition) is 3. The zero-order valence-electron chi connectivity index (χ0n) is 11.0. The van der Waals surface area contributed by atoms with E-state index in [9.17, 15) is 5.11 Å². The van der Waals surface area contributed by atoms with Crippen LogP contribution in [0.25, 0.3) is 12.2 Å². The molecule has 3 nitrogen and oxygen atoms in total. The fourth-order valence-electron chi connectivity index (χ4n) is 1.77. The summed E-state index contributed by atoms with van der Waals surface area (Å²) in [5.41, 5.74) is 1.88. The minimum atomic E-state index is 0.254. The standard InChI is InChI=1S/C16H16O3/c1-18-15-9-8-13(16(11-15)19-2)7-6-12-4-3-5-14(17)10-12/h3-11,17H,1-2H3/b7-6+. The molecule has 0 bridgehead atoms. The number of aromatic hydroxyl groups is 1. The first-order valence-electron chi connectivity index (χ1n) is 5.92. The van der Waals surface area contributed by atoms with E-state index in [0.29, 0.717) is 0 Å². The van der Waals surface area contributed by atoms with Crippen molar-refractivity contribution in [2.45, 2.75) is 0 Å². The van der Waals surface area contributed by atoms with Crippen molar-refractivity contribution in [1.82, 2.24) is 0 Å². The smallest absolute Gasteiger partial charge is 0.129 e. The molecule has 2 aromatic rings. The maximum absolute atomic E-state index is 9.40. The molecule has 0 heterocycles. The Morgan fingerprint density at radius 2 is 1.79 bits per heavy atom. The predicted molar refractivity (Wildman–Crippen MR) is 76.6 cm³/mol. The lowest BCUT2D eigenvalue weighted by atomic mass is 10.1. The van der Waals surface area contributed by atoms with Gasteiger partial charge in [-0.15, -0.1) is 0 Å². The van der Waals surface area contributed by atoms with Gasteiger partial charge in [0.15, 0.2) is 0 Å². The van der Waals surface area contributed by atoms with Crippen molar-refractivity contribution in [3.8, 4) is 17.2 Å². The second kappa shape index (κ2) is 5.96. The Hall–Kier alpha value is -2.42. The quantitative estimate of drug-likeness (QED) is 0.850. The monoisotopic (exact) mass is 256 g/mol. The molecule has 0 saturated heterocycles. The fraction of sp³-hybridized carbons (Fsp3) is 0.125. The molecule has 98 valence electrons. The Bertz CT molecular complexity index is 588. The van der Waals surface area contributed by atoms with Gasteiger partial charge in [0.25, 0.3) is 0 Å². The Labute approximate surface area is 112 Å². The number of benzene rings is 2. The van der Waals surface area contributed by atoms with Gasteiger partial charge < -0.3 is 14.6 Å². The number of phenolic OH excluding ortho intramolecular Hbond substituents is 1. The van der Waals surface area contributed by atoms with Crippen LogP contribution in [0.15, 0.2) is 42.5 Å². The highest BCUT2D eigenvalue weighted by Crippen LogP contribution is 2.26. The van der Waals surface area contributed by atoms with E-state index in [0.717, 1.165) is 22.6 Å². The molecule has 0 aromatic heterocycles. The molecule has 0 aliphatic heterocycles. The molecule has 0 fully saturated rings. The van der Waals surface area contributed by atoms with E-state index in [2.05, 4.69) is 0 Å². The summed E-state index contributed by atoms with van der Waals surface area (Å²) in [6.45, 7) is 0. The lowest BCUT2D eigenvalue weighted by Gasteiger charge is -2.07. The van der Waals surface area contributed by atoms with Crippen molar-refractivity contribution in [1.29, 1.82) is 0 Å². The maximum atomic E-state index is 9.40. The minimum Gasteiger partial charge on any atom is -0.508 e. The molecule has 2 aromatic carbocycles. The SMILES string of the molecule is COc1ccc(/C=C/c2cccc(O)c2)c(OC)c1. The van der Waals surface area contributed by atoms with Crippen LogP contribution in [0.5, 0.6) is 17.2 Å². The van der Waals surface area contributed by atoms with Crippen LogP contribution in [0.4, 0.5) is 0 Å². The summed E-state index contributed by atoms with van der Waals surface area (Å²) >= 11 is 0. The summed E-state index contributed by atoms with van der Waals surface area (Å²) in [6, 6.07) is 12.7. The third kappa shape index (κ3) is 3.28. The maximum Gasteiger partial charge on any atom is 0.129 e. The first kappa shape index (κ1) is 13.0. The first-order chi connectivity index (χ1) is 9.22. The van der Waals surface area contributed by atoms with Gasteiger partial charge in [-0.1, -0.05) is 24.3 Å². The van der Waals surface area contributed by atoms with Gasteiger partial charge in [0.2, 0.25) is 0 Å². The molecule has 0 aliphatic rings. The van der Waals surface area contributed by atoms with Crippen LogP contribution in [-0.4, -0.2) is 19.3 Å². The number of phenols is 1. The molecule has 0 spiro atoms. The van der Waals surface area contributed by atoms with E-state index in [1.54, 1.807) is 32.4 Å². The topological polar surface area (TPSA) is 38.7 Å². The van der Waals surface area contributed by atoms with Crippen LogP contribution >= 0.6 is 0 Å². The van der Waals surface area contributed by atoms with E-state index in [1.165, 1.54) is 0 Å². The average molecular weight is 256 g/mol. The largest absolute Gasteiger partial charge is 0.508 e. The van der Waals surface area contributed by atoms with Crippen LogP contribution in [-0.2, 0) is 0 Å². The molecule has 0 aliphatic carbocycles. The minimum absolute atomic E-state index is 0.254. The molecule has 0 radical (unpaired) electrons. The summed E-state index contributed by atoms with van der Waals surface area (Å²) in [5.74, 6) is 1.76. The molecule has 0 amide bonds. The Morgan fingerprint density at radius 3 is 2.47 bits per heavy atom. The predicted octanol–water partition coefficient (Wildman–Crippen LogP) is 3.58. The third-order valence-corrected chi connectivity index (χ3v) is 2.77. The Kier molecular flexibility index (Phi) is 4.08. The van der Waals surface area contributed by atoms with Gasteiger partial charge in [0, 0.05) is 11.6 Å².